The molecule has 0 atom stereocenters. The van der Waals surface area contributed by atoms with Crippen LogP contribution in [0.4, 0.5) is 4.39 Å². The Morgan fingerprint density at radius 2 is 1.24 bits per heavy atom. The van der Waals surface area contributed by atoms with E-state index in [1.807, 2.05) is 48.5 Å². The minimum atomic E-state index is -0.279. The van der Waals surface area contributed by atoms with Crippen LogP contribution < -0.4 is 0 Å². The molecule has 0 aromatic heterocycles. The number of halogens is 2. The third-order valence-electron chi connectivity index (χ3n) is 2.83. The molecule has 3 aromatic carbocycles. The van der Waals surface area contributed by atoms with Crippen LogP contribution in [0.5, 0.6) is 0 Å². The zero-order valence-corrected chi connectivity index (χ0v) is 13.9. The van der Waals surface area contributed by atoms with E-state index in [-0.39, 0.29) is 5.82 Å². The summed E-state index contributed by atoms with van der Waals surface area (Å²) in [5.41, 5.74) is 3.07. The van der Waals surface area contributed by atoms with Gasteiger partial charge in [0, 0.05) is 5.82 Å². The van der Waals surface area contributed by atoms with Gasteiger partial charge >= 0.3 is 28.2 Å². The Morgan fingerprint density at radius 1 is 0.762 bits per heavy atom. The first kappa shape index (κ1) is 15.9. The van der Waals surface area contributed by atoms with Gasteiger partial charge in [0.05, 0.1) is 0 Å². The molecule has 3 rings (SSSR count). The Labute approximate surface area is 139 Å². The van der Waals surface area contributed by atoms with Crippen LogP contribution in [0, 0.1) is 24.0 Å². The molecule has 0 aliphatic heterocycles. The summed E-state index contributed by atoms with van der Waals surface area (Å²) in [5, 5.41) is 0. The van der Waals surface area contributed by atoms with Gasteiger partial charge in [-0.3, -0.25) is 0 Å². The van der Waals surface area contributed by atoms with Crippen LogP contribution in [0.15, 0.2) is 60.7 Å². The van der Waals surface area contributed by atoms with Crippen molar-refractivity contribution in [1.29, 1.82) is 0 Å². The Hall–Kier alpha value is -1.43. The second-order valence-corrected chi connectivity index (χ2v) is 4.18. The standard InChI is InChI=1S/C18H10F.ClH.Pt/c19-18-12-16(14-7-3-1-4-8-14)11-17(13-18)15-9-5-2-6-10-15;;/h1-7,9,12-13H;1H;/q-3;;+1/p-1. The molecule has 0 radical (unpaired) electrons. The molecule has 0 bridgehead atoms. The average molecular weight is 476 g/mol. The van der Waals surface area contributed by atoms with Gasteiger partial charge in [-0.15, -0.1) is 24.3 Å². The minimum absolute atomic E-state index is 0.279. The van der Waals surface area contributed by atoms with E-state index in [2.05, 4.69) is 27.6 Å². The van der Waals surface area contributed by atoms with Gasteiger partial charge in [-0.1, -0.05) is 0 Å². The topological polar surface area (TPSA) is 0 Å². The molecule has 0 aliphatic carbocycles. The molecule has 0 aliphatic rings. The Kier molecular flexibility index (Phi) is 6.17. The molecule has 0 fully saturated rings. The molecular weight excluding hydrogens is 466 g/mol. The van der Waals surface area contributed by atoms with Crippen molar-refractivity contribution in [3.8, 4) is 22.3 Å². The van der Waals surface area contributed by atoms with Gasteiger partial charge in [0.2, 0.25) is 0 Å². The second-order valence-electron chi connectivity index (χ2n) is 4.18. The van der Waals surface area contributed by atoms with Gasteiger partial charge in [-0.25, -0.2) is 32.7 Å². The van der Waals surface area contributed by atoms with Gasteiger partial charge in [0.15, 0.2) is 0 Å². The third kappa shape index (κ3) is 4.27. The van der Waals surface area contributed by atoms with Gasteiger partial charge < -0.3 is 0 Å². The van der Waals surface area contributed by atoms with Crippen molar-refractivity contribution in [3.63, 3.8) is 0 Å². The van der Waals surface area contributed by atoms with Crippen LogP contribution in [0.1, 0.15) is 0 Å². The molecule has 0 N–H and O–H groups in total. The fourth-order valence-corrected chi connectivity index (χ4v) is 1.95. The molecular formula is C18H10ClFPt-3. The molecule has 3 aromatic rings. The second kappa shape index (κ2) is 8.12. The maximum absolute atomic E-state index is 13.8. The predicted octanol–water partition coefficient (Wildman–Crippen LogP) is 5.25. The molecule has 0 saturated heterocycles. The molecule has 0 spiro atoms. The monoisotopic (exact) mass is 475 g/mol. The Bertz CT molecular complexity index is 626. The Morgan fingerprint density at radius 3 is 1.62 bits per heavy atom. The van der Waals surface area contributed by atoms with Crippen molar-refractivity contribution < 1.29 is 23.2 Å². The van der Waals surface area contributed by atoms with E-state index in [1.54, 1.807) is 18.8 Å². The summed E-state index contributed by atoms with van der Waals surface area (Å²) in [4.78, 5) is 0. The summed E-state index contributed by atoms with van der Waals surface area (Å²) in [7, 11) is 4.61. The molecule has 0 heterocycles. The van der Waals surface area contributed by atoms with Gasteiger partial charge in [-0.05, 0) is 0 Å². The molecule has 0 saturated carbocycles. The van der Waals surface area contributed by atoms with Crippen molar-refractivity contribution in [2.24, 2.45) is 0 Å². The van der Waals surface area contributed by atoms with E-state index in [0.717, 1.165) is 11.1 Å². The molecule has 0 unspecified atom stereocenters. The van der Waals surface area contributed by atoms with Crippen LogP contribution in [-0.2, 0) is 18.8 Å². The molecule has 21 heavy (non-hydrogen) atoms. The van der Waals surface area contributed by atoms with Gasteiger partial charge in [0.1, 0.15) is 0 Å². The summed E-state index contributed by atoms with van der Waals surface area (Å²) < 4.78 is 13.8. The quantitative estimate of drug-likeness (QED) is 0.444. The zero-order valence-electron chi connectivity index (χ0n) is 10.8. The average Bonchev–Trinajstić information content (AvgIpc) is 2.58. The van der Waals surface area contributed by atoms with Crippen molar-refractivity contribution in [2.45, 2.75) is 0 Å². The fourth-order valence-electron chi connectivity index (χ4n) is 1.95. The maximum atomic E-state index is 13.8. The summed E-state index contributed by atoms with van der Waals surface area (Å²) >= 11 is 1.61. The van der Waals surface area contributed by atoms with Crippen molar-refractivity contribution in [3.05, 3.63) is 84.7 Å². The van der Waals surface area contributed by atoms with Gasteiger partial charge in [0.25, 0.3) is 0 Å². The SMILES string of the molecule is Fc1cc(-c2[c-]cccc2)[c-]c(-c2[c-]cccc2)c1.[Cl][Pt]. The molecule has 109 valence electrons. The van der Waals surface area contributed by atoms with Crippen molar-refractivity contribution in [1.82, 2.24) is 0 Å². The summed E-state index contributed by atoms with van der Waals surface area (Å²) in [5.74, 6) is -0.279. The van der Waals surface area contributed by atoms with E-state index < -0.39 is 0 Å². The van der Waals surface area contributed by atoms with Crippen LogP contribution in [0.2, 0.25) is 0 Å². The zero-order chi connectivity index (χ0) is 15.1. The van der Waals surface area contributed by atoms with Crippen LogP contribution in [-0.4, -0.2) is 0 Å². The summed E-state index contributed by atoms with van der Waals surface area (Å²) in [6.07, 6.45) is 0. The number of hydrogen-bond acceptors (Lipinski definition) is 0. The van der Waals surface area contributed by atoms with E-state index >= 15 is 0 Å². The van der Waals surface area contributed by atoms with E-state index in [0.29, 0.717) is 11.1 Å². The van der Waals surface area contributed by atoms with E-state index in [9.17, 15) is 4.39 Å². The normalized spacial score (nSPS) is 9.71. The Balaban J connectivity index is 0.000000774. The van der Waals surface area contributed by atoms with Crippen molar-refractivity contribution >= 4 is 9.42 Å². The van der Waals surface area contributed by atoms with Crippen LogP contribution >= 0.6 is 9.42 Å². The van der Waals surface area contributed by atoms with Crippen molar-refractivity contribution in [2.75, 3.05) is 0 Å². The van der Waals surface area contributed by atoms with E-state index in [4.69, 9.17) is 0 Å². The number of benzene rings is 3. The first-order chi connectivity index (χ1) is 10.3. The first-order valence-electron chi connectivity index (χ1n) is 6.12. The first-order valence-corrected chi connectivity index (χ1v) is 8.93. The predicted molar refractivity (Wildman–Crippen MR) is 79.6 cm³/mol. The third-order valence-corrected chi connectivity index (χ3v) is 2.83. The molecule has 0 amide bonds. The number of hydrogen-bond donors (Lipinski definition) is 0. The van der Waals surface area contributed by atoms with Gasteiger partial charge in [-0.2, -0.15) is 48.5 Å². The molecule has 0 nitrogen and oxygen atoms in total. The molecule has 3 heteroatoms. The summed E-state index contributed by atoms with van der Waals surface area (Å²) in [6.45, 7) is 0. The number of rotatable bonds is 2. The van der Waals surface area contributed by atoms with E-state index in [1.165, 1.54) is 12.1 Å². The summed E-state index contributed by atoms with van der Waals surface area (Å²) in [6, 6.07) is 27.3. The van der Waals surface area contributed by atoms with Crippen LogP contribution in [0.3, 0.4) is 0 Å². The fraction of sp³-hybridized carbons (Fsp3) is 0. The van der Waals surface area contributed by atoms with Crippen LogP contribution in [0.25, 0.3) is 22.3 Å².